The summed E-state index contributed by atoms with van der Waals surface area (Å²) < 4.78 is 0. The Bertz CT molecular complexity index is 74.1. The summed E-state index contributed by atoms with van der Waals surface area (Å²) in [5, 5.41) is 14.8. The van der Waals surface area contributed by atoms with Crippen LogP contribution in [-0.2, 0) is 9.59 Å². The predicted molar refractivity (Wildman–Crippen MR) is 41.1 cm³/mol. The number of aliphatic carboxylic acids is 2. The molecule has 0 aromatic heterocycles. The normalized spacial score (nSPS) is 3.85. The van der Waals surface area contributed by atoms with Gasteiger partial charge in [0.15, 0.2) is 0 Å². The molecule has 0 aromatic carbocycles. The van der Waals surface area contributed by atoms with Gasteiger partial charge in [-0.25, -0.2) is 0 Å². The van der Waals surface area contributed by atoms with E-state index in [1.807, 2.05) is 0 Å². The van der Waals surface area contributed by atoms with E-state index >= 15 is 0 Å². The summed E-state index contributed by atoms with van der Waals surface area (Å²) in [6.45, 7) is 2.17. The molecule has 13 heavy (non-hydrogen) atoms. The van der Waals surface area contributed by atoms with Gasteiger partial charge in [0.25, 0.3) is 11.9 Å². The summed E-state index contributed by atoms with van der Waals surface area (Å²) in [5.41, 5.74) is 0. The Morgan fingerprint density at radius 1 is 0.769 bits per heavy atom. The molecule has 0 fully saturated rings. The third-order valence-corrected chi connectivity index (χ3v) is 0. The largest absolute Gasteiger partial charge is 0.481 e. The number of hydrogen-bond acceptors (Lipinski definition) is 2. The van der Waals surface area contributed by atoms with E-state index in [1.54, 1.807) is 0 Å². The minimum Gasteiger partial charge on any atom is -0.481 e. The zero-order chi connectivity index (χ0) is 7.15. The van der Waals surface area contributed by atoms with Crippen molar-refractivity contribution in [1.82, 2.24) is 0 Å². The van der Waals surface area contributed by atoms with Gasteiger partial charge in [0, 0.05) is 45.0 Å². The molecular formula is C4H16O8U. The van der Waals surface area contributed by atoms with Gasteiger partial charge in [-0.2, -0.15) is 0 Å². The van der Waals surface area contributed by atoms with Crippen LogP contribution < -0.4 is 0 Å². The Kier molecular flexibility index (Phi) is 166. The Balaban J connectivity index is -0.00000000800. The van der Waals surface area contributed by atoms with Gasteiger partial charge in [0.2, 0.25) is 0 Å². The number of hydrogen-bond donors (Lipinski definition) is 2. The maximum Gasteiger partial charge on any atom is 0.300 e. The molecule has 0 spiro atoms. The van der Waals surface area contributed by atoms with Gasteiger partial charge in [0.1, 0.15) is 0 Å². The van der Waals surface area contributed by atoms with Crippen LogP contribution in [0.15, 0.2) is 0 Å². The van der Waals surface area contributed by atoms with Crippen LogP contribution in [0.5, 0.6) is 0 Å². The average molecular weight is 430 g/mol. The molecule has 0 aliphatic rings. The second-order valence-corrected chi connectivity index (χ2v) is 1.04. The van der Waals surface area contributed by atoms with Crippen molar-refractivity contribution in [2.24, 2.45) is 0 Å². The Morgan fingerprint density at radius 2 is 0.769 bits per heavy atom. The number of carbonyl (C=O) groups is 2. The maximum atomic E-state index is 9.00. The van der Waals surface area contributed by atoms with Crippen molar-refractivity contribution in [3.05, 3.63) is 0 Å². The summed E-state index contributed by atoms with van der Waals surface area (Å²) in [4.78, 5) is 18.0. The van der Waals surface area contributed by atoms with Crippen molar-refractivity contribution in [1.29, 1.82) is 0 Å². The molecule has 0 aromatic rings. The summed E-state index contributed by atoms with van der Waals surface area (Å²) in [6, 6.07) is 0. The predicted octanol–water partition coefficient (Wildman–Crippen LogP) is -3.12. The fourth-order valence-electron chi connectivity index (χ4n) is 0. The maximum absolute atomic E-state index is 9.00. The summed E-state index contributed by atoms with van der Waals surface area (Å²) in [7, 11) is 0. The molecule has 0 saturated carbocycles. The zero-order valence-corrected chi connectivity index (χ0v) is 11.4. The summed E-state index contributed by atoms with van der Waals surface area (Å²) >= 11 is 0. The van der Waals surface area contributed by atoms with Crippen LogP contribution in [0, 0.1) is 31.1 Å². The first-order chi connectivity index (χ1) is 3.46. The fraction of sp³-hybridized carbons (Fsp3) is 0.500. The van der Waals surface area contributed by atoms with Crippen LogP contribution in [0.3, 0.4) is 0 Å². The average Bonchev–Trinajstić information content (AvgIpc) is 1.25. The van der Waals surface area contributed by atoms with Crippen molar-refractivity contribution >= 4 is 11.9 Å². The Labute approximate surface area is 98.6 Å². The smallest absolute Gasteiger partial charge is 0.300 e. The molecule has 0 heterocycles. The number of carboxylic acid groups (broad SMARTS) is 2. The van der Waals surface area contributed by atoms with E-state index < -0.39 is 11.9 Å². The molecule has 0 rings (SSSR count). The molecule has 0 aliphatic heterocycles. The third-order valence-electron chi connectivity index (χ3n) is 0. The van der Waals surface area contributed by atoms with Gasteiger partial charge in [-0.05, 0) is 0 Å². The van der Waals surface area contributed by atoms with Crippen molar-refractivity contribution in [3.63, 3.8) is 0 Å². The van der Waals surface area contributed by atoms with Gasteiger partial charge in [-0.3, -0.25) is 9.59 Å². The molecule has 0 amide bonds. The van der Waals surface area contributed by atoms with E-state index in [0.717, 1.165) is 13.8 Å². The van der Waals surface area contributed by atoms with Crippen molar-refractivity contribution in [2.75, 3.05) is 0 Å². The standard InChI is InChI=1S/2C2H4O2.4H2O.U/c2*1-2(3)4;;;;;/h2*1H3,(H,3,4);4*1H2;. The first-order valence-electron chi connectivity index (χ1n) is 1.86. The van der Waals surface area contributed by atoms with Crippen molar-refractivity contribution < 1.29 is 72.8 Å². The van der Waals surface area contributed by atoms with Crippen LogP contribution in [0.4, 0.5) is 0 Å². The molecule has 9 heteroatoms. The molecule has 0 unspecified atom stereocenters. The molecule has 0 atom stereocenters. The fourth-order valence-corrected chi connectivity index (χ4v) is 0. The summed E-state index contributed by atoms with van der Waals surface area (Å²) in [5.74, 6) is -1.67. The molecule has 0 radical (unpaired) electrons. The van der Waals surface area contributed by atoms with E-state index in [0.29, 0.717) is 0 Å². The van der Waals surface area contributed by atoms with E-state index in [-0.39, 0.29) is 53.0 Å². The topological polar surface area (TPSA) is 201 Å². The van der Waals surface area contributed by atoms with Gasteiger partial charge in [-0.1, -0.05) is 0 Å². The molecular weight excluding hydrogens is 414 g/mol. The monoisotopic (exact) mass is 430 g/mol. The van der Waals surface area contributed by atoms with Gasteiger partial charge in [0.05, 0.1) is 0 Å². The van der Waals surface area contributed by atoms with Crippen LogP contribution in [0.25, 0.3) is 0 Å². The van der Waals surface area contributed by atoms with E-state index in [1.165, 1.54) is 0 Å². The quantitative estimate of drug-likeness (QED) is 0.410. The Hall–Kier alpha value is -0.168. The van der Waals surface area contributed by atoms with E-state index in [9.17, 15) is 0 Å². The first-order valence-corrected chi connectivity index (χ1v) is 1.86. The first kappa shape index (κ1) is 52.8. The SMILES string of the molecule is CC(=O)O.CC(=O)O.O.O.O.O.[U]. The van der Waals surface area contributed by atoms with Crippen LogP contribution >= 0.6 is 0 Å². The van der Waals surface area contributed by atoms with Gasteiger partial charge in [-0.15, -0.1) is 0 Å². The molecule has 0 aliphatic carbocycles. The second-order valence-electron chi connectivity index (χ2n) is 1.04. The van der Waals surface area contributed by atoms with Crippen molar-refractivity contribution in [3.8, 4) is 0 Å². The van der Waals surface area contributed by atoms with Crippen molar-refractivity contribution in [2.45, 2.75) is 13.8 Å². The number of rotatable bonds is 0. The molecule has 84 valence electrons. The van der Waals surface area contributed by atoms with E-state index in [4.69, 9.17) is 19.8 Å². The molecule has 0 saturated heterocycles. The number of carboxylic acids is 2. The third kappa shape index (κ3) is 40500. The van der Waals surface area contributed by atoms with Gasteiger partial charge >= 0.3 is 0 Å². The van der Waals surface area contributed by atoms with E-state index in [2.05, 4.69) is 0 Å². The van der Waals surface area contributed by atoms with Gasteiger partial charge < -0.3 is 32.1 Å². The molecule has 10 N–H and O–H groups in total. The molecule has 0 bridgehead atoms. The Morgan fingerprint density at radius 3 is 0.769 bits per heavy atom. The van der Waals surface area contributed by atoms with Crippen LogP contribution in [0.2, 0.25) is 0 Å². The zero-order valence-electron chi connectivity index (χ0n) is 7.21. The van der Waals surface area contributed by atoms with Crippen LogP contribution in [0.1, 0.15) is 13.8 Å². The molecule has 8 nitrogen and oxygen atoms in total. The summed E-state index contributed by atoms with van der Waals surface area (Å²) in [6.07, 6.45) is 0. The van der Waals surface area contributed by atoms with Crippen LogP contribution in [-0.4, -0.2) is 44.1 Å². The minimum atomic E-state index is -0.833. The minimum absolute atomic E-state index is 0. The second kappa shape index (κ2) is 40.8.